The molecule has 1 unspecified atom stereocenters. The second-order valence-electron chi connectivity index (χ2n) is 23.1. The molecular formula is C74H130O6. The monoisotopic (exact) mass is 1110 g/mol. The van der Waals surface area contributed by atoms with Crippen molar-refractivity contribution in [2.24, 2.45) is 0 Å². The highest BCUT2D eigenvalue weighted by atomic mass is 16.6. The zero-order chi connectivity index (χ0) is 57.8. The van der Waals surface area contributed by atoms with E-state index in [2.05, 4.69) is 106 Å². The van der Waals surface area contributed by atoms with Gasteiger partial charge in [0.2, 0.25) is 0 Å². The van der Waals surface area contributed by atoms with Crippen LogP contribution in [-0.4, -0.2) is 37.2 Å². The van der Waals surface area contributed by atoms with Crippen LogP contribution in [0.5, 0.6) is 0 Å². The quantitative estimate of drug-likeness (QED) is 0.0261. The maximum atomic E-state index is 12.9. The van der Waals surface area contributed by atoms with Crippen molar-refractivity contribution in [1.82, 2.24) is 0 Å². The molecule has 0 aliphatic carbocycles. The summed E-state index contributed by atoms with van der Waals surface area (Å²) in [5, 5.41) is 0. The second kappa shape index (κ2) is 68.1. The average Bonchev–Trinajstić information content (AvgIpc) is 3.46. The second-order valence-corrected chi connectivity index (χ2v) is 23.1. The lowest BCUT2D eigenvalue weighted by molar-refractivity contribution is -0.167. The van der Waals surface area contributed by atoms with Gasteiger partial charge in [-0.25, -0.2) is 0 Å². The van der Waals surface area contributed by atoms with Gasteiger partial charge in [-0.1, -0.05) is 318 Å². The molecule has 0 aromatic heterocycles. The molecule has 462 valence electrons. The van der Waals surface area contributed by atoms with Crippen molar-refractivity contribution in [2.45, 2.75) is 354 Å². The van der Waals surface area contributed by atoms with Crippen molar-refractivity contribution in [2.75, 3.05) is 13.2 Å². The first-order chi connectivity index (χ1) is 39.5. The van der Waals surface area contributed by atoms with Crippen molar-refractivity contribution in [3.8, 4) is 0 Å². The van der Waals surface area contributed by atoms with Crippen LogP contribution in [-0.2, 0) is 28.6 Å². The molecule has 0 aliphatic rings. The summed E-state index contributed by atoms with van der Waals surface area (Å²) < 4.78 is 17.0. The Hall–Kier alpha value is -3.41. The Balaban J connectivity index is 4.26. The summed E-state index contributed by atoms with van der Waals surface area (Å²) in [5.74, 6) is -0.871. The minimum absolute atomic E-state index is 0.0774. The topological polar surface area (TPSA) is 78.9 Å². The summed E-state index contributed by atoms with van der Waals surface area (Å²) in [6, 6.07) is 0. The van der Waals surface area contributed by atoms with Crippen molar-refractivity contribution in [3.05, 3.63) is 85.1 Å². The van der Waals surface area contributed by atoms with Gasteiger partial charge in [-0.05, 0) is 96.3 Å². The van der Waals surface area contributed by atoms with E-state index in [4.69, 9.17) is 14.2 Å². The predicted octanol–water partition coefficient (Wildman–Crippen LogP) is 23.8. The first-order valence-corrected chi connectivity index (χ1v) is 34.6. The van der Waals surface area contributed by atoms with Gasteiger partial charge < -0.3 is 14.2 Å². The Labute approximate surface area is 496 Å². The van der Waals surface area contributed by atoms with E-state index in [1.807, 2.05) is 0 Å². The smallest absolute Gasteiger partial charge is 0.306 e. The Bertz CT molecular complexity index is 1520. The van der Waals surface area contributed by atoms with Gasteiger partial charge in [0.15, 0.2) is 6.10 Å². The van der Waals surface area contributed by atoms with Gasteiger partial charge in [0.05, 0.1) is 0 Å². The molecule has 0 N–H and O–H groups in total. The summed E-state index contributed by atoms with van der Waals surface area (Å²) in [4.78, 5) is 38.4. The van der Waals surface area contributed by atoms with E-state index >= 15 is 0 Å². The fourth-order valence-electron chi connectivity index (χ4n) is 9.97. The SMILES string of the molecule is CC/C=C\C/C=C\C/C=C\C/C=C\C/C=C\CCCCCCCCCC(=O)OC(COC(=O)CCCCCCCCCCCCCC)COC(=O)CCCCCCCCCCCCCCCCC/C=C\C/C=C\CCCCCCC. The maximum absolute atomic E-state index is 12.9. The van der Waals surface area contributed by atoms with E-state index in [0.29, 0.717) is 19.3 Å². The molecule has 1 atom stereocenters. The number of rotatable bonds is 63. The number of ether oxygens (including phenoxy) is 3. The number of hydrogen-bond donors (Lipinski definition) is 0. The van der Waals surface area contributed by atoms with E-state index in [9.17, 15) is 14.4 Å². The van der Waals surface area contributed by atoms with E-state index in [1.54, 1.807) is 0 Å². The van der Waals surface area contributed by atoms with Crippen molar-refractivity contribution < 1.29 is 28.6 Å². The molecule has 80 heavy (non-hydrogen) atoms. The van der Waals surface area contributed by atoms with Gasteiger partial charge in [-0.3, -0.25) is 14.4 Å². The first kappa shape index (κ1) is 76.6. The van der Waals surface area contributed by atoms with Crippen molar-refractivity contribution in [3.63, 3.8) is 0 Å². The third-order valence-corrected chi connectivity index (χ3v) is 15.1. The number of esters is 3. The number of carbonyl (C=O) groups is 3. The highest BCUT2D eigenvalue weighted by Crippen LogP contribution is 2.17. The highest BCUT2D eigenvalue weighted by molar-refractivity contribution is 5.71. The summed E-state index contributed by atoms with van der Waals surface area (Å²) in [5.41, 5.74) is 0. The Morgan fingerprint density at radius 1 is 0.263 bits per heavy atom. The molecule has 0 saturated carbocycles. The highest BCUT2D eigenvalue weighted by Gasteiger charge is 2.19. The molecule has 0 rings (SSSR count). The number of allylic oxidation sites excluding steroid dienone is 14. The molecule has 0 aliphatic heterocycles. The lowest BCUT2D eigenvalue weighted by Gasteiger charge is -2.18. The molecule has 0 aromatic rings. The zero-order valence-electron chi connectivity index (χ0n) is 53.1. The summed E-state index contributed by atoms with van der Waals surface area (Å²) in [6.45, 7) is 6.55. The van der Waals surface area contributed by atoms with Crippen LogP contribution in [0, 0.1) is 0 Å². The number of unbranched alkanes of at least 4 members (excludes halogenated alkanes) is 38. The maximum Gasteiger partial charge on any atom is 0.306 e. The molecule has 0 radical (unpaired) electrons. The number of hydrogen-bond acceptors (Lipinski definition) is 6. The predicted molar refractivity (Wildman–Crippen MR) is 348 cm³/mol. The van der Waals surface area contributed by atoms with Crippen LogP contribution in [0.4, 0.5) is 0 Å². The molecule has 0 heterocycles. The molecule has 0 bridgehead atoms. The Morgan fingerprint density at radius 2 is 0.487 bits per heavy atom. The molecule has 0 amide bonds. The van der Waals surface area contributed by atoms with Crippen LogP contribution in [0.15, 0.2) is 85.1 Å². The molecule has 6 heteroatoms. The normalized spacial score (nSPS) is 12.6. The van der Waals surface area contributed by atoms with Crippen LogP contribution in [0.25, 0.3) is 0 Å². The van der Waals surface area contributed by atoms with Crippen LogP contribution >= 0.6 is 0 Å². The van der Waals surface area contributed by atoms with Gasteiger partial charge in [-0.15, -0.1) is 0 Å². The standard InChI is InChI=1S/C74H130O6/c1-4-7-10-13-16-19-22-25-27-29-31-33-35-36-37-38-40-41-43-45-47-49-52-55-58-61-64-67-73(76)79-70-71(69-78-72(75)66-63-60-57-54-51-24-21-18-15-12-9-6-3)80-74(77)68-65-62-59-56-53-50-48-46-44-42-39-34-32-30-28-26-23-20-17-14-11-8-5-2/h8,11,17,20,22,25-26,28-29,31-32,34,42,44,71H,4-7,9-10,12-16,18-19,21,23-24,27,30,33,35-41,43,45-70H2,1-3H3/b11-8-,20-17-,25-22-,28-26-,31-29-,34-32-,44-42-. The van der Waals surface area contributed by atoms with E-state index in [-0.39, 0.29) is 31.1 Å². The lowest BCUT2D eigenvalue weighted by atomic mass is 10.0. The molecule has 6 nitrogen and oxygen atoms in total. The fraction of sp³-hybridized carbons (Fsp3) is 0.770. The van der Waals surface area contributed by atoms with Crippen molar-refractivity contribution >= 4 is 17.9 Å². The average molecular weight is 1120 g/mol. The number of carbonyl (C=O) groups excluding carboxylic acids is 3. The molecule has 0 spiro atoms. The minimum Gasteiger partial charge on any atom is -0.462 e. The summed E-state index contributed by atoms with van der Waals surface area (Å²) in [7, 11) is 0. The molecule has 0 saturated heterocycles. The Kier molecular flexibility index (Phi) is 65.2. The largest absolute Gasteiger partial charge is 0.462 e. The van der Waals surface area contributed by atoms with Gasteiger partial charge in [0, 0.05) is 19.3 Å². The van der Waals surface area contributed by atoms with Crippen LogP contribution in [0.2, 0.25) is 0 Å². The minimum atomic E-state index is -0.782. The first-order valence-electron chi connectivity index (χ1n) is 34.6. The van der Waals surface area contributed by atoms with Gasteiger partial charge >= 0.3 is 17.9 Å². The fourth-order valence-corrected chi connectivity index (χ4v) is 9.97. The van der Waals surface area contributed by atoms with Gasteiger partial charge in [0.25, 0.3) is 0 Å². The van der Waals surface area contributed by atoms with Gasteiger partial charge in [0.1, 0.15) is 13.2 Å². The zero-order valence-corrected chi connectivity index (χ0v) is 53.1. The molecule has 0 fully saturated rings. The van der Waals surface area contributed by atoms with Crippen molar-refractivity contribution in [1.29, 1.82) is 0 Å². The van der Waals surface area contributed by atoms with E-state index < -0.39 is 6.10 Å². The summed E-state index contributed by atoms with van der Waals surface area (Å²) in [6.07, 6.45) is 90.3. The summed E-state index contributed by atoms with van der Waals surface area (Å²) >= 11 is 0. The molecule has 0 aromatic carbocycles. The van der Waals surface area contributed by atoms with E-state index in [0.717, 1.165) is 103 Å². The van der Waals surface area contributed by atoms with Crippen LogP contribution in [0.3, 0.4) is 0 Å². The Morgan fingerprint density at radius 3 is 0.762 bits per heavy atom. The third-order valence-electron chi connectivity index (χ3n) is 15.1. The van der Waals surface area contributed by atoms with E-state index in [1.165, 1.54) is 205 Å². The van der Waals surface area contributed by atoms with Crippen LogP contribution < -0.4 is 0 Å². The molecular weight excluding hydrogens is 985 g/mol. The van der Waals surface area contributed by atoms with Gasteiger partial charge in [-0.2, -0.15) is 0 Å². The third kappa shape index (κ3) is 65.4. The lowest BCUT2D eigenvalue weighted by Crippen LogP contribution is -2.30. The van der Waals surface area contributed by atoms with Crippen LogP contribution in [0.1, 0.15) is 348 Å².